The summed E-state index contributed by atoms with van der Waals surface area (Å²) >= 11 is 0. The summed E-state index contributed by atoms with van der Waals surface area (Å²) in [6.45, 7) is 14.8. The molecule has 0 saturated carbocycles. The molecule has 0 bridgehead atoms. The Morgan fingerprint density at radius 3 is 2.08 bits per heavy atom. The highest BCUT2D eigenvalue weighted by molar-refractivity contribution is 6.76. The van der Waals surface area contributed by atoms with Crippen LogP contribution < -0.4 is 0 Å². The molecule has 0 N–H and O–H groups in total. The zero-order chi connectivity index (χ0) is 10.6. The summed E-state index contributed by atoms with van der Waals surface area (Å²) < 4.78 is 0. The van der Waals surface area contributed by atoms with Crippen LogP contribution in [0.2, 0.25) is 25.7 Å². The van der Waals surface area contributed by atoms with Gasteiger partial charge in [-0.3, -0.25) is 4.79 Å². The van der Waals surface area contributed by atoms with E-state index >= 15 is 0 Å². The third-order valence-electron chi connectivity index (χ3n) is 1.85. The van der Waals surface area contributed by atoms with Crippen LogP contribution in [0.5, 0.6) is 0 Å². The zero-order valence-corrected chi connectivity index (χ0v) is 10.6. The smallest absolute Gasteiger partial charge is 0.139 e. The number of rotatable bonds is 5. The van der Waals surface area contributed by atoms with Crippen LogP contribution in [0.4, 0.5) is 0 Å². The van der Waals surface area contributed by atoms with E-state index in [0.29, 0.717) is 12.2 Å². The van der Waals surface area contributed by atoms with E-state index in [1.54, 1.807) is 0 Å². The lowest BCUT2D eigenvalue weighted by Gasteiger charge is -2.17. The van der Waals surface area contributed by atoms with Gasteiger partial charge in [0, 0.05) is 20.4 Å². The fraction of sp³-hybridized carbons (Fsp3) is 0.727. The topological polar surface area (TPSA) is 17.1 Å². The van der Waals surface area contributed by atoms with Crippen LogP contribution in [0.25, 0.3) is 0 Å². The molecular weight excluding hydrogens is 176 g/mol. The molecule has 0 aliphatic heterocycles. The highest BCUT2D eigenvalue weighted by Gasteiger charge is 2.17. The largest absolute Gasteiger partial charge is 0.299 e. The second-order valence-corrected chi connectivity index (χ2v) is 10.8. The van der Waals surface area contributed by atoms with Crippen LogP contribution >= 0.6 is 0 Å². The molecule has 76 valence electrons. The lowest BCUT2D eigenvalue weighted by atomic mass is 10.0. The Labute approximate surface area is 83.2 Å². The fourth-order valence-corrected chi connectivity index (χ4v) is 2.89. The molecule has 0 rings (SSSR count). The fourth-order valence-electron chi connectivity index (χ4n) is 1.26. The van der Waals surface area contributed by atoms with E-state index in [9.17, 15) is 4.79 Å². The van der Waals surface area contributed by atoms with Gasteiger partial charge in [0.25, 0.3) is 0 Å². The third-order valence-corrected chi connectivity index (χ3v) is 3.41. The van der Waals surface area contributed by atoms with Crippen molar-refractivity contribution >= 4 is 13.9 Å². The van der Waals surface area contributed by atoms with Crippen LogP contribution in [-0.4, -0.2) is 13.9 Å². The van der Waals surface area contributed by atoms with E-state index < -0.39 is 8.07 Å². The number of allylic oxidation sites excluding steroid dienone is 1. The van der Waals surface area contributed by atoms with E-state index in [0.717, 1.165) is 11.6 Å². The third kappa shape index (κ3) is 6.76. The molecule has 0 amide bonds. The van der Waals surface area contributed by atoms with Crippen molar-refractivity contribution in [2.24, 2.45) is 5.92 Å². The Morgan fingerprint density at radius 2 is 1.77 bits per heavy atom. The molecule has 0 fully saturated rings. The average Bonchev–Trinajstić information content (AvgIpc) is 1.81. The van der Waals surface area contributed by atoms with Crippen LogP contribution in [0.3, 0.4) is 0 Å². The van der Waals surface area contributed by atoms with Crippen molar-refractivity contribution in [3.63, 3.8) is 0 Å². The first-order valence-electron chi connectivity index (χ1n) is 4.92. The standard InChI is InChI=1S/C11H22OSi/c1-9(2)11(12)7-10(3)8-13(4,5)6/h9H,3,7-8H2,1-2,4-6H3. The molecule has 0 aliphatic carbocycles. The molecule has 0 aliphatic rings. The normalized spacial score (nSPS) is 11.8. The van der Waals surface area contributed by atoms with Gasteiger partial charge in [-0.05, 0) is 6.04 Å². The maximum Gasteiger partial charge on any atom is 0.139 e. The number of hydrogen-bond donors (Lipinski definition) is 0. The van der Waals surface area contributed by atoms with Gasteiger partial charge in [0.15, 0.2) is 0 Å². The molecule has 2 heteroatoms. The van der Waals surface area contributed by atoms with Gasteiger partial charge in [-0.2, -0.15) is 0 Å². The summed E-state index contributed by atoms with van der Waals surface area (Å²) in [5.41, 5.74) is 1.12. The van der Waals surface area contributed by atoms with Crippen LogP contribution in [0.15, 0.2) is 12.2 Å². The van der Waals surface area contributed by atoms with Gasteiger partial charge in [0.05, 0.1) is 0 Å². The predicted octanol–water partition coefficient (Wildman–Crippen LogP) is 3.50. The predicted molar refractivity (Wildman–Crippen MR) is 61.8 cm³/mol. The molecule has 0 atom stereocenters. The minimum absolute atomic E-state index is 0.151. The van der Waals surface area contributed by atoms with Crippen molar-refractivity contribution in [3.8, 4) is 0 Å². The van der Waals surface area contributed by atoms with Crippen molar-refractivity contribution < 1.29 is 4.79 Å². The molecule has 0 aromatic carbocycles. The Hall–Kier alpha value is -0.373. The minimum Gasteiger partial charge on any atom is -0.299 e. The summed E-state index contributed by atoms with van der Waals surface area (Å²) in [7, 11) is -1.07. The van der Waals surface area contributed by atoms with Crippen LogP contribution in [0, 0.1) is 5.92 Å². The van der Waals surface area contributed by atoms with E-state index in [1.165, 1.54) is 0 Å². The van der Waals surface area contributed by atoms with Gasteiger partial charge in [-0.1, -0.05) is 45.6 Å². The van der Waals surface area contributed by atoms with E-state index in [4.69, 9.17) is 0 Å². The summed E-state index contributed by atoms with van der Waals surface area (Å²) in [5, 5.41) is 0. The van der Waals surface area contributed by atoms with Crippen molar-refractivity contribution in [3.05, 3.63) is 12.2 Å². The number of ketones is 1. The van der Waals surface area contributed by atoms with Gasteiger partial charge in [-0.25, -0.2) is 0 Å². The minimum atomic E-state index is -1.07. The molecule has 1 nitrogen and oxygen atoms in total. The van der Waals surface area contributed by atoms with Gasteiger partial charge < -0.3 is 0 Å². The zero-order valence-electron chi connectivity index (χ0n) is 9.61. The molecule has 13 heavy (non-hydrogen) atoms. The van der Waals surface area contributed by atoms with Gasteiger partial charge >= 0.3 is 0 Å². The Morgan fingerprint density at radius 1 is 1.31 bits per heavy atom. The Kier molecular flexibility index (Phi) is 4.61. The Balaban J connectivity index is 3.96. The van der Waals surface area contributed by atoms with Crippen molar-refractivity contribution in [2.45, 2.75) is 46.0 Å². The van der Waals surface area contributed by atoms with Gasteiger partial charge in [0.2, 0.25) is 0 Å². The molecule has 0 aromatic heterocycles. The molecule has 0 heterocycles. The summed E-state index contributed by atoms with van der Waals surface area (Å²) in [6, 6.07) is 1.07. The highest BCUT2D eigenvalue weighted by atomic mass is 28.3. The summed E-state index contributed by atoms with van der Waals surface area (Å²) in [6.07, 6.45) is 0.585. The quantitative estimate of drug-likeness (QED) is 0.488. The first-order chi connectivity index (χ1) is 5.72. The van der Waals surface area contributed by atoms with Crippen molar-refractivity contribution in [1.82, 2.24) is 0 Å². The van der Waals surface area contributed by atoms with Gasteiger partial charge in [-0.15, -0.1) is 0 Å². The van der Waals surface area contributed by atoms with E-state index in [2.05, 4.69) is 26.2 Å². The van der Waals surface area contributed by atoms with Crippen LogP contribution in [-0.2, 0) is 4.79 Å². The highest BCUT2D eigenvalue weighted by Crippen LogP contribution is 2.18. The van der Waals surface area contributed by atoms with E-state index in [-0.39, 0.29) is 5.92 Å². The number of carbonyl (C=O) groups is 1. The second-order valence-electron chi connectivity index (χ2n) is 5.29. The molecule has 0 radical (unpaired) electrons. The SMILES string of the molecule is C=C(CC(=O)C(C)C)C[Si](C)(C)C. The second kappa shape index (κ2) is 4.75. The van der Waals surface area contributed by atoms with Gasteiger partial charge in [0.1, 0.15) is 5.78 Å². The first-order valence-corrected chi connectivity index (χ1v) is 8.62. The number of hydrogen-bond acceptors (Lipinski definition) is 1. The molecular formula is C11H22OSi. The average molecular weight is 198 g/mol. The monoisotopic (exact) mass is 198 g/mol. The Bertz CT molecular complexity index is 199. The van der Waals surface area contributed by atoms with Crippen molar-refractivity contribution in [1.29, 1.82) is 0 Å². The molecule has 0 spiro atoms. The van der Waals surface area contributed by atoms with E-state index in [1.807, 2.05) is 13.8 Å². The van der Waals surface area contributed by atoms with Crippen LogP contribution in [0.1, 0.15) is 20.3 Å². The summed E-state index contributed by atoms with van der Waals surface area (Å²) in [4.78, 5) is 11.4. The maximum atomic E-state index is 11.4. The summed E-state index contributed by atoms with van der Waals surface area (Å²) in [5.74, 6) is 0.474. The van der Waals surface area contributed by atoms with Crippen molar-refractivity contribution in [2.75, 3.05) is 0 Å². The molecule has 0 aromatic rings. The maximum absolute atomic E-state index is 11.4. The first kappa shape index (κ1) is 12.6. The molecule has 0 saturated heterocycles. The number of Topliss-reactive ketones (excluding diaryl/α,β-unsaturated/α-hetero) is 1. The lowest BCUT2D eigenvalue weighted by molar-refractivity contribution is -0.121. The lowest BCUT2D eigenvalue weighted by Crippen LogP contribution is -2.21. The number of carbonyl (C=O) groups excluding carboxylic acids is 1. The molecule has 0 unspecified atom stereocenters.